The fraction of sp³-hybridized carbons (Fsp3) is 0.364. The number of hydrogen-bond donors (Lipinski definition) is 1. The highest BCUT2D eigenvalue weighted by Crippen LogP contribution is 2.38. The van der Waals surface area contributed by atoms with Crippen molar-refractivity contribution >= 4 is 16.8 Å². The number of aromatic amines is 1. The number of H-pyrrole nitrogens is 1. The molecule has 1 aliphatic rings. The number of amides is 1. The SMILES string of the molecule is CCC[C@@H]1CC[C@H](c2cccnc2)N1C(=O)c1cc2ccc(C)cc2[nH]1. The zero-order chi connectivity index (χ0) is 18.1. The smallest absolute Gasteiger partial charge is 0.271 e. The summed E-state index contributed by atoms with van der Waals surface area (Å²) in [5.74, 6) is 0.101. The van der Waals surface area contributed by atoms with Gasteiger partial charge in [-0.15, -0.1) is 0 Å². The standard InChI is InChI=1S/C22H25N3O/c1-3-5-18-9-10-21(17-6-4-11-23-14-17)25(18)22(26)20-13-16-8-7-15(2)12-19(16)24-20/h4,6-8,11-14,18,21,24H,3,5,9-10H2,1-2H3/t18-,21-/m1/s1. The molecule has 1 N–H and O–H groups in total. The number of hydrogen-bond acceptors (Lipinski definition) is 2. The van der Waals surface area contributed by atoms with Crippen LogP contribution in [0.25, 0.3) is 10.9 Å². The highest BCUT2D eigenvalue weighted by Gasteiger charge is 2.38. The number of aromatic nitrogens is 2. The molecular formula is C22H25N3O. The predicted molar refractivity (Wildman–Crippen MR) is 104 cm³/mol. The van der Waals surface area contributed by atoms with Crippen molar-refractivity contribution in [1.29, 1.82) is 0 Å². The summed E-state index contributed by atoms with van der Waals surface area (Å²) in [5.41, 5.74) is 4.03. The molecule has 1 aromatic carbocycles. The molecule has 4 nitrogen and oxygen atoms in total. The van der Waals surface area contributed by atoms with Gasteiger partial charge in [-0.25, -0.2) is 0 Å². The van der Waals surface area contributed by atoms with Crippen LogP contribution in [0.15, 0.2) is 48.8 Å². The summed E-state index contributed by atoms with van der Waals surface area (Å²) >= 11 is 0. The maximum Gasteiger partial charge on any atom is 0.271 e. The van der Waals surface area contributed by atoms with Crippen molar-refractivity contribution in [2.75, 3.05) is 0 Å². The monoisotopic (exact) mass is 347 g/mol. The lowest BCUT2D eigenvalue weighted by atomic mass is 10.1. The third-order valence-corrected chi connectivity index (χ3v) is 5.44. The molecule has 0 aliphatic carbocycles. The number of nitrogens with zero attached hydrogens (tertiary/aromatic N) is 2. The van der Waals surface area contributed by atoms with E-state index in [-0.39, 0.29) is 11.9 Å². The zero-order valence-corrected chi connectivity index (χ0v) is 15.4. The van der Waals surface area contributed by atoms with Crippen LogP contribution in [0, 0.1) is 6.92 Å². The first kappa shape index (κ1) is 16.8. The van der Waals surface area contributed by atoms with Crippen LogP contribution in [-0.2, 0) is 0 Å². The van der Waals surface area contributed by atoms with E-state index in [1.807, 2.05) is 18.3 Å². The first-order valence-corrected chi connectivity index (χ1v) is 9.49. The Morgan fingerprint density at radius 3 is 2.92 bits per heavy atom. The van der Waals surface area contributed by atoms with Gasteiger partial charge in [0.15, 0.2) is 0 Å². The van der Waals surface area contributed by atoms with Crippen LogP contribution in [0.2, 0.25) is 0 Å². The fourth-order valence-electron chi connectivity index (χ4n) is 4.20. The molecule has 3 heterocycles. The molecule has 1 amide bonds. The maximum absolute atomic E-state index is 13.4. The van der Waals surface area contributed by atoms with Crippen LogP contribution in [0.1, 0.15) is 60.3 Å². The number of likely N-dealkylation sites (tertiary alicyclic amines) is 1. The summed E-state index contributed by atoms with van der Waals surface area (Å²) in [6.07, 6.45) is 7.86. The summed E-state index contributed by atoms with van der Waals surface area (Å²) < 4.78 is 0. The summed E-state index contributed by atoms with van der Waals surface area (Å²) in [5, 5.41) is 1.09. The van der Waals surface area contributed by atoms with Crippen molar-refractivity contribution in [1.82, 2.24) is 14.9 Å². The molecule has 2 aromatic heterocycles. The Kier molecular flexibility index (Phi) is 4.49. The Morgan fingerprint density at radius 1 is 1.27 bits per heavy atom. The molecular weight excluding hydrogens is 322 g/mol. The molecule has 4 rings (SSSR count). The van der Waals surface area contributed by atoms with Gasteiger partial charge in [0.2, 0.25) is 0 Å². The Balaban J connectivity index is 1.71. The second-order valence-corrected chi connectivity index (χ2v) is 7.31. The largest absolute Gasteiger partial charge is 0.351 e. The minimum Gasteiger partial charge on any atom is -0.351 e. The van der Waals surface area contributed by atoms with Crippen LogP contribution in [-0.4, -0.2) is 26.8 Å². The number of carbonyl (C=O) groups excluding carboxylic acids is 1. The molecule has 2 atom stereocenters. The number of nitrogens with one attached hydrogen (secondary N) is 1. The lowest BCUT2D eigenvalue weighted by molar-refractivity contribution is 0.0651. The van der Waals surface area contributed by atoms with E-state index in [2.05, 4.69) is 53.0 Å². The van der Waals surface area contributed by atoms with E-state index >= 15 is 0 Å². The van der Waals surface area contributed by atoms with Gasteiger partial charge in [-0.1, -0.05) is 31.5 Å². The Morgan fingerprint density at radius 2 is 2.15 bits per heavy atom. The number of carbonyl (C=O) groups is 1. The quantitative estimate of drug-likeness (QED) is 0.720. The second kappa shape index (κ2) is 6.94. The van der Waals surface area contributed by atoms with E-state index in [1.165, 1.54) is 5.56 Å². The summed E-state index contributed by atoms with van der Waals surface area (Å²) in [6.45, 7) is 4.25. The molecule has 1 saturated heterocycles. The minimum absolute atomic E-state index is 0.101. The average Bonchev–Trinajstić information content (AvgIpc) is 3.26. The summed E-state index contributed by atoms with van der Waals surface area (Å²) in [6, 6.07) is 12.7. The number of fused-ring (bicyclic) bond motifs is 1. The number of benzene rings is 1. The van der Waals surface area contributed by atoms with Crippen molar-refractivity contribution in [3.8, 4) is 0 Å². The topological polar surface area (TPSA) is 49.0 Å². The van der Waals surface area contributed by atoms with Gasteiger partial charge in [0.1, 0.15) is 5.69 Å². The molecule has 0 saturated carbocycles. The van der Waals surface area contributed by atoms with E-state index in [0.717, 1.165) is 42.1 Å². The van der Waals surface area contributed by atoms with Crippen molar-refractivity contribution in [2.45, 2.75) is 51.6 Å². The molecule has 0 unspecified atom stereocenters. The molecule has 134 valence electrons. The Bertz CT molecular complexity index is 916. The highest BCUT2D eigenvalue weighted by atomic mass is 16.2. The van der Waals surface area contributed by atoms with E-state index in [0.29, 0.717) is 11.7 Å². The Labute approximate surface area is 154 Å². The van der Waals surface area contributed by atoms with Gasteiger partial charge in [0.05, 0.1) is 6.04 Å². The third-order valence-electron chi connectivity index (χ3n) is 5.44. The molecule has 0 bridgehead atoms. The van der Waals surface area contributed by atoms with Crippen molar-refractivity contribution in [3.05, 3.63) is 65.6 Å². The van der Waals surface area contributed by atoms with Crippen LogP contribution < -0.4 is 0 Å². The van der Waals surface area contributed by atoms with Gasteiger partial charge in [-0.3, -0.25) is 9.78 Å². The lowest BCUT2D eigenvalue weighted by Gasteiger charge is -2.30. The molecule has 3 aromatic rings. The molecule has 0 spiro atoms. The van der Waals surface area contributed by atoms with Gasteiger partial charge >= 0.3 is 0 Å². The van der Waals surface area contributed by atoms with Crippen molar-refractivity contribution in [2.24, 2.45) is 0 Å². The van der Waals surface area contributed by atoms with Gasteiger partial charge in [0.25, 0.3) is 5.91 Å². The van der Waals surface area contributed by atoms with Crippen LogP contribution >= 0.6 is 0 Å². The first-order valence-electron chi connectivity index (χ1n) is 9.49. The molecule has 1 aliphatic heterocycles. The Hall–Kier alpha value is -2.62. The number of pyridine rings is 1. The lowest BCUT2D eigenvalue weighted by Crippen LogP contribution is -2.37. The summed E-state index contributed by atoms with van der Waals surface area (Å²) in [4.78, 5) is 23.1. The molecule has 1 fully saturated rings. The number of rotatable bonds is 4. The molecule has 4 heteroatoms. The molecule has 0 radical (unpaired) electrons. The van der Waals surface area contributed by atoms with Gasteiger partial charge in [0, 0.05) is 29.3 Å². The second-order valence-electron chi connectivity index (χ2n) is 7.31. The van der Waals surface area contributed by atoms with Gasteiger partial charge in [-0.05, 0) is 55.5 Å². The minimum atomic E-state index is 0.101. The third kappa shape index (κ3) is 3.00. The van der Waals surface area contributed by atoms with Gasteiger partial charge in [-0.2, -0.15) is 0 Å². The number of aryl methyl sites for hydroxylation is 1. The summed E-state index contributed by atoms with van der Waals surface area (Å²) in [7, 11) is 0. The van der Waals surface area contributed by atoms with Crippen LogP contribution in [0.3, 0.4) is 0 Å². The van der Waals surface area contributed by atoms with E-state index in [4.69, 9.17) is 0 Å². The van der Waals surface area contributed by atoms with Crippen LogP contribution in [0.5, 0.6) is 0 Å². The maximum atomic E-state index is 13.4. The van der Waals surface area contributed by atoms with E-state index in [9.17, 15) is 4.79 Å². The average molecular weight is 347 g/mol. The zero-order valence-electron chi connectivity index (χ0n) is 15.4. The van der Waals surface area contributed by atoms with E-state index < -0.39 is 0 Å². The normalized spacial score (nSPS) is 20.0. The van der Waals surface area contributed by atoms with Crippen molar-refractivity contribution < 1.29 is 4.79 Å². The fourth-order valence-corrected chi connectivity index (χ4v) is 4.20. The van der Waals surface area contributed by atoms with Gasteiger partial charge < -0.3 is 9.88 Å². The van der Waals surface area contributed by atoms with Crippen LogP contribution in [0.4, 0.5) is 0 Å². The highest BCUT2D eigenvalue weighted by molar-refractivity contribution is 5.98. The van der Waals surface area contributed by atoms with E-state index in [1.54, 1.807) is 6.20 Å². The molecule has 26 heavy (non-hydrogen) atoms. The predicted octanol–water partition coefficient (Wildman–Crippen LogP) is 5.02. The van der Waals surface area contributed by atoms with Crippen molar-refractivity contribution in [3.63, 3.8) is 0 Å². The first-order chi connectivity index (χ1) is 12.7.